The molecule has 0 fully saturated rings. The third-order valence-electron chi connectivity index (χ3n) is 5.16. The van der Waals surface area contributed by atoms with Gasteiger partial charge >= 0.3 is 6.09 Å². The van der Waals surface area contributed by atoms with Crippen LogP contribution in [0.4, 0.5) is 10.5 Å². The van der Waals surface area contributed by atoms with Crippen LogP contribution in [-0.4, -0.2) is 42.4 Å². The van der Waals surface area contributed by atoms with Crippen LogP contribution >= 0.6 is 0 Å². The monoisotopic (exact) mass is 469 g/mol. The summed E-state index contributed by atoms with van der Waals surface area (Å²) in [4.78, 5) is 39.5. The zero-order valence-electron chi connectivity index (χ0n) is 19.4. The Kier molecular flexibility index (Phi) is 9.03. The summed E-state index contributed by atoms with van der Waals surface area (Å²) in [6.45, 7) is -0.126. The highest BCUT2D eigenvalue weighted by Gasteiger charge is 2.26. The number of nitrogens with zero attached hydrogens (tertiary/aromatic N) is 1. The fourth-order valence-corrected chi connectivity index (χ4v) is 3.40. The standard InChI is InChI=1S/C28H27N3O4/c1-3-21-15-10-16-24(17-21)29-26(32)19-31(2)27(33)25(18-22-11-6-4-7-12-22)30-28(34)35-20-23-13-8-5-9-14-23/h1,4-17,25H,18-20H2,2H3,(H,29,32)(H,30,34). The predicted molar refractivity (Wildman–Crippen MR) is 134 cm³/mol. The van der Waals surface area contributed by atoms with E-state index in [1.165, 1.54) is 11.9 Å². The van der Waals surface area contributed by atoms with Crippen molar-refractivity contribution in [2.75, 3.05) is 18.9 Å². The molecule has 3 aromatic rings. The third-order valence-corrected chi connectivity index (χ3v) is 5.16. The fraction of sp³-hybridized carbons (Fsp3) is 0.179. The number of hydrogen-bond donors (Lipinski definition) is 2. The van der Waals surface area contributed by atoms with Crippen LogP contribution in [0.25, 0.3) is 0 Å². The Labute approximate surface area is 205 Å². The molecule has 178 valence electrons. The molecule has 35 heavy (non-hydrogen) atoms. The van der Waals surface area contributed by atoms with Crippen molar-refractivity contribution < 1.29 is 19.1 Å². The molecule has 1 atom stereocenters. The number of benzene rings is 3. The normalized spacial score (nSPS) is 11.0. The van der Waals surface area contributed by atoms with Gasteiger partial charge in [-0.1, -0.05) is 72.7 Å². The molecule has 0 aliphatic rings. The summed E-state index contributed by atoms with van der Waals surface area (Å²) < 4.78 is 5.29. The Balaban J connectivity index is 1.63. The van der Waals surface area contributed by atoms with Crippen molar-refractivity contribution in [3.63, 3.8) is 0 Å². The van der Waals surface area contributed by atoms with Gasteiger partial charge < -0.3 is 20.3 Å². The number of ether oxygens (including phenoxy) is 1. The maximum Gasteiger partial charge on any atom is 0.408 e. The Bertz CT molecular complexity index is 1190. The molecule has 1 unspecified atom stereocenters. The minimum absolute atomic E-state index is 0.0773. The topological polar surface area (TPSA) is 87.7 Å². The first-order chi connectivity index (χ1) is 16.9. The minimum atomic E-state index is -0.914. The molecular weight excluding hydrogens is 442 g/mol. The Hall–Kier alpha value is -4.57. The zero-order chi connectivity index (χ0) is 25.0. The molecule has 0 aliphatic heterocycles. The van der Waals surface area contributed by atoms with E-state index in [0.29, 0.717) is 11.3 Å². The molecule has 0 aromatic heterocycles. The van der Waals surface area contributed by atoms with E-state index in [0.717, 1.165) is 11.1 Å². The molecule has 0 bridgehead atoms. The third kappa shape index (κ3) is 8.06. The van der Waals surface area contributed by atoms with E-state index in [1.54, 1.807) is 24.3 Å². The molecule has 0 aliphatic carbocycles. The van der Waals surface area contributed by atoms with Crippen molar-refractivity contribution in [3.05, 3.63) is 102 Å². The number of nitrogens with one attached hydrogen (secondary N) is 2. The van der Waals surface area contributed by atoms with Gasteiger partial charge in [0, 0.05) is 24.7 Å². The number of amides is 3. The van der Waals surface area contributed by atoms with Gasteiger partial charge in [-0.3, -0.25) is 9.59 Å². The molecule has 0 heterocycles. The number of hydrogen-bond acceptors (Lipinski definition) is 4. The first-order valence-corrected chi connectivity index (χ1v) is 11.1. The Morgan fingerprint density at radius 1 is 0.943 bits per heavy atom. The minimum Gasteiger partial charge on any atom is -0.445 e. The number of anilines is 1. The largest absolute Gasteiger partial charge is 0.445 e. The number of alkyl carbamates (subject to hydrolysis) is 1. The maximum absolute atomic E-state index is 13.2. The van der Waals surface area contributed by atoms with Crippen molar-refractivity contribution in [1.82, 2.24) is 10.2 Å². The maximum atomic E-state index is 13.2. The van der Waals surface area contributed by atoms with Crippen LogP contribution in [-0.2, 0) is 27.4 Å². The molecule has 7 nitrogen and oxygen atoms in total. The van der Waals surface area contributed by atoms with E-state index in [9.17, 15) is 14.4 Å². The van der Waals surface area contributed by atoms with Gasteiger partial charge in [-0.05, 0) is 29.3 Å². The van der Waals surface area contributed by atoms with Gasteiger partial charge in [0.1, 0.15) is 12.6 Å². The van der Waals surface area contributed by atoms with E-state index in [1.807, 2.05) is 60.7 Å². The Morgan fingerprint density at radius 3 is 2.26 bits per heavy atom. The smallest absolute Gasteiger partial charge is 0.408 e. The summed E-state index contributed by atoms with van der Waals surface area (Å²) in [5, 5.41) is 5.38. The SMILES string of the molecule is C#Cc1cccc(NC(=O)CN(C)C(=O)C(Cc2ccccc2)NC(=O)OCc2ccccc2)c1. The quantitative estimate of drug-likeness (QED) is 0.469. The number of carbonyl (C=O) groups excluding carboxylic acids is 3. The van der Waals surface area contributed by atoms with Crippen molar-refractivity contribution in [2.45, 2.75) is 19.1 Å². The fourth-order valence-electron chi connectivity index (χ4n) is 3.40. The average Bonchev–Trinajstić information content (AvgIpc) is 2.88. The number of likely N-dealkylation sites (N-methyl/N-ethyl adjacent to an activating group) is 1. The van der Waals surface area contributed by atoms with Gasteiger partial charge in [-0.25, -0.2) is 4.79 Å². The van der Waals surface area contributed by atoms with Crippen molar-refractivity contribution in [3.8, 4) is 12.3 Å². The summed E-state index contributed by atoms with van der Waals surface area (Å²) in [5.41, 5.74) is 2.86. The first-order valence-electron chi connectivity index (χ1n) is 11.1. The van der Waals surface area contributed by atoms with Gasteiger partial charge in [0.05, 0.1) is 6.54 Å². The lowest BCUT2D eigenvalue weighted by Gasteiger charge is -2.24. The van der Waals surface area contributed by atoms with Crippen LogP contribution in [0.2, 0.25) is 0 Å². The second-order valence-electron chi connectivity index (χ2n) is 7.92. The van der Waals surface area contributed by atoms with E-state index in [-0.39, 0.29) is 25.5 Å². The average molecular weight is 470 g/mol. The second-order valence-corrected chi connectivity index (χ2v) is 7.92. The molecule has 3 amide bonds. The van der Waals surface area contributed by atoms with Crippen molar-refractivity contribution in [2.24, 2.45) is 0 Å². The number of carbonyl (C=O) groups is 3. The van der Waals surface area contributed by atoms with Gasteiger partial charge in [0.2, 0.25) is 11.8 Å². The molecule has 0 radical (unpaired) electrons. The highest BCUT2D eigenvalue weighted by Crippen LogP contribution is 2.11. The van der Waals surface area contributed by atoms with Crippen LogP contribution in [0, 0.1) is 12.3 Å². The van der Waals surface area contributed by atoms with E-state index >= 15 is 0 Å². The highest BCUT2D eigenvalue weighted by atomic mass is 16.5. The van der Waals surface area contributed by atoms with Gasteiger partial charge in [-0.2, -0.15) is 0 Å². The molecule has 3 rings (SSSR count). The van der Waals surface area contributed by atoms with E-state index in [4.69, 9.17) is 11.2 Å². The summed E-state index contributed by atoms with van der Waals surface area (Å²) >= 11 is 0. The van der Waals surface area contributed by atoms with Crippen molar-refractivity contribution in [1.29, 1.82) is 0 Å². The molecule has 3 aromatic carbocycles. The molecular formula is C28H27N3O4. The molecule has 7 heteroatoms. The van der Waals surface area contributed by atoms with Crippen LogP contribution in [0.5, 0.6) is 0 Å². The van der Waals surface area contributed by atoms with E-state index < -0.39 is 18.0 Å². The van der Waals surface area contributed by atoms with Crippen LogP contribution in [0.1, 0.15) is 16.7 Å². The van der Waals surface area contributed by atoms with Crippen LogP contribution in [0.3, 0.4) is 0 Å². The van der Waals surface area contributed by atoms with Crippen molar-refractivity contribution >= 4 is 23.6 Å². The van der Waals surface area contributed by atoms with Gasteiger partial charge in [-0.15, -0.1) is 6.42 Å². The van der Waals surface area contributed by atoms with Crippen LogP contribution in [0.15, 0.2) is 84.9 Å². The molecule has 0 saturated heterocycles. The lowest BCUT2D eigenvalue weighted by Crippen LogP contribution is -2.50. The highest BCUT2D eigenvalue weighted by molar-refractivity contribution is 5.95. The van der Waals surface area contributed by atoms with Crippen LogP contribution < -0.4 is 10.6 Å². The number of terminal acetylenes is 1. The summed E-state index contributed by atoms with van der Waals surface area (Å²) in [7, 11) is 1.51. The second kappa shape index (κ2) is 12.6. The number of rotatable bonds is 9. The van der Waals surface area contributed by atoms with E-state index in [2.05, 4.69) is 16.6 Å². The van der Waals surface area contributed by atoms with Gasteiger partial charge in [0.15, 0.2) is 0 Å². The first kappa shape index (κ1) is 25.1. The summed E-state index contributed by atoms with van der Waals surface area (Å²) in [6, 6.07) is 24.5. The molecule has 2 N–H and O–H groups in total. The lowest BCUT2D eigenvalue weighted by molar-refractivity contribution is -0.135. The Morgan fingerprint density at radius 2 is 1.60 bits per heavy atom. The summed E-state index contributed by atoms with van der Waals surface area (Å²) in [5.74, 6) is 1.70. The van der Waals surface area contributed by atoms with Gasteiger partial charge in [0.25, 0.3) is 0 Å². The molecule has 0 spiro atoms. The molecule has 0 saturated carbocycles. The predicted octanol–water partition coefficient (Wildman–Crippen LogP) is 3.60. The lowest BCUT2D eigenvalue weighted by atomic mass is 10.0. The summed E-state index contributed by atoms with van der Waals surface area (Å²) in [6.07, 6.45) is 4.93. The zero-order valence-corrected chi connectivity index (χ0v) is 19.4.